The molecule has 0 aromatic heterocycles. The molecular weight excluding hydrogens is 302 g/mol. The zero-order valence-electron chi connectivity index (χ0n) is 10.6. The van der Waals surface area contributed by atoms with Crippen LogP contribution < -0.4 is 0 Å². The van der Waals surface area contributed by atoms with E-state index >= 15 is 0 Å². The van der Waals surface area contributed by atoms with Crippen LogP contribution in [-0.4, -0.2) is 36.9 Å². The first-order chi connectivity index (χ1) is 9.37. The maximum absolute atomic E-state index is 12.4. The summed E-state index contributed by atoms with van der Waals surface area (Å²) in [6.07, 6.45) is 1.41. The number of sulfonamides is 1. The number of carboxylic acid groups (broad SMARTS) is 1. The Bertz CT molecular complexity index is 667. The Balaban J connectivity index is 1.80. The third kappa shape index (κ3) is 1.86. The van der Waals surface area contributed by atoms with Gasteiger partial charge in [-0.15, -0.1) is 0 Å². The van der Waals surface area contributed by atoms with Crippen LogP contribution in [0.1, 0.15) is 12.8 Å². The van der Waals surface area contributed by atoms with Crippen molar-refractivity contribution in [2.45, 2.75) is 17.7 Å². The highest BCUT2D eigenvalue weighted by atomic mass is 35.5. The number of hydrogen-bond donors (Lipinski definition) is 1. The lowest BCUT2D eigenvalue weighted by molar-refractivity contribution is -0.164. The molecule has 1 spiro atoms. The second-order valence-corrected chi connectivity index (χ2v) is 7.81. The quantitative estimate of drug-likeness (QED) is 0.923. The Labute approximate surface area is 122 Å². The van der Waals surface area contributed by atoms with Crippen LogP contribution in [0.25, 0.3) is 0 Å². The van der Waals surface area contributed by atoms with Crippen LogP contribution in [0.5, 0.6) is 0 Å². The van der Waals surface area contributed by atoms with Gasteiger partial charge in [0.2, 0.25) is 10.0 Å². The van der Waals surface area contributed by atoms with Gasteiger partial charge in [-0.1, -0.05) is 23.7 Å². The minimum absolute atomic E-state index is 0.0858. The summed E-state index contributed by atoms with van der Waals surface area (Å²) in [6.45, 7) is 0.551. The smallest absolute Gasteiger partial charge is 0.307 e. The standard InChI is InChI=1S/C13H14ClNO4S/c14-10-3-1-2-4-11(10)20(18,19)15-7-13(8-15)6-5-9(13)12(16)17/h1-4,9H,5-8H2,(H,16,17). The van der Waals surface area contributed by atoms with Crippen molar-refractivity contribution in [3.05, 3.63) is 29.3 Å². The molecule has 1 saturated heterocycles. The first-order valence-electron chi connectivity index (χ1n) is 6.34. The van der Waals surface area contributed by atoms with E-state index in [1.165, 1.54) is 16.4 Å². The maximum Gasteiger partial charge on any atom is 0.307 e. The summed E-state index contributed by atoms with van der Waals surface area (Å²) in [7, 11) is -3.62. The molecule has 1 aromatic carbocycles. The largest absolute Gasteiger partial charge is 0.481 e. The summed E-state index contributed by atoms with van der Waals surface area (Å²) < 4.78 is 26.2. The number of rotatable bonds is 3. The maximum atomic E-state index is 12.4. The van der Waals surface area contributed by atoms with Gasteiger partial charge in [-0.2, -0.15) is 4.31 Å². The fourth-order valence-corrected chi connectivity index (χ4v) is 5.21. The zero-order chi connectivity index (χ0) is 14.5. The first-order valence-corrected chi connectivity index (χ1v) is 8.16. The number of nitrogens with zero attached hydrogens (tertiary/aromatic N) is 1. The van der Waals surface area contributed by atoms with Crippen LogP contribution in [0.15, 0.2) is 29.2 Å². The van der Waals surface area contributed by atoms with Crippen molar-refractivity contribution < 1.29 is 18.3 Å². The Morgan fingerprint density at radius 3 is 2.50 bits per heavy atom. The van der Waals surface area contributed by atoms with Crippen molar-refractivity contribution in [2.75, 3.05) is 13.1 Å². The summed E-state index contributed by atoms with van der Waals surface area (Å²) in [6, 6.07) is 6.30. The molecule has 1 N–H and O–H groups in total. The number of carbonyl (C=O) groups is 1. The van der Waals surface area contributed by atoms with Gasteiger partial charge in [0.25, 0.3) is 0 Å². The van der Waals surface area contributed by atoms with E-state index < -0.39 is 21.9 Å². The Kier molecular flexibility index (Phi) is 3.08. The lowest BCUT2D eigenvalue weighted by atomic mass is 9.56. The number of benzene rings is 1. The Morgan fingerprint density at radius 1 is 1.35 bits per heavy atom. The molecule has 7 heteroatoms. The second-order valence-electron chi connectivity index (χ2n) is 5.50. The molecule has 1 aliphatic heterocycles. The number of carboxylic acids is 1. The monoisotopic (exact) mass is 315 g/mol. The molecule has 0 bridgehead atoms. The summed E-state index contributed by atoms with van der Waals surface area (Å²) in [4.78, 5) is 11.2. The molecule has 1 saturated carbocycles. The van der Waals surface area contributed by atoms with Crippen molar-refractivity contribution in [1.82, 2.24) is 4.31 Å². The molecule has 5 nitrogen and oxygen atoms in total. The zero-order valence-corrected chi connectivity index (χ0v) is 12.2. The summed E-state index contributed by atoms with van der Waals surface area (Å²) in [5, 5.41) is 9.29. The Morgan fingerprint density at radius 2 is 2.00 bits per heavy atom. The fourth-order valence-electron chi connectivity index (χ4n) is 3.08. The van der Waals surface area contributed by atoms with Gasteiger partial charge >= 0.3 is 5.97 Å². The molecule has 1 aliphatic carbocycles. The Hall–Kier alpha value is -1.11. The number of aliphatic carboxylic acids is 1. The van der Waals surface area contributed by atoms with Crippen LogP contribution in [0.2, 0.25) is 5.02 Å². The topological polar surface area (TPSA) is 74.7 Å². The average molecular weight is 316 g/mol. The minimum atomic E-state index is -3.62. The first kappa shape index (κ1) is 13.9. The molecule has 1 aromatic rings. The molecule has 2 fully saturated rings. The lowest BCUT2D eigenvalue weighted by Gasteiger charge is -2.58. The van der Waals surface area contributed by atoms with E-state index in [2.05, 4.69) is 0 Å². The molecule has 1 heterocycles. The van der Waals surface area contributed by atoms with E-state index in [0.717, 1.165) is 6.42 Å². The molecule has 0 radical (unpaired) electrons. The van der Waals surface area contributed by atoms with Crippen LogP contribution in [0, 0.1) is 11.3 Å². The fraction of sp³-hybridized carbons (Fsp3) is 0.462. The number of hydrogen-bond acceptors (Lipinski definition) is 3. The van der Waals surface area contributed by atoms with Gasteiger partial charge in [0, 0.05) is 18.5 Å². The molecule has 3 rings (SSSR count). The molecule has 0 amide bonds. The molecule has 108 valence electrons. The molecular formula is C13H14ClNO4S. The summed E-state index contributed by atoms with van der Waals surface area (Å²) in [5.74, 6) is -1.24. The predicted octanol–water partition coefficient (Wildman–Crippen LogP) is 1.83. The summed E-state index contributed by atoms with van der Waals surface area (Å²) >= 11 is 5.93. The second kappa shape index (κ2) is 4.44. The van der Waals surface area contributed by atoms with Crippen molar-refractivity contribution in [3.8, 4) is 0 Å². The highest BCUT2D eigenvalue weighted by Crippen LogP contribution is 2.54. The number of halogens is 1. The van der Waals surface area contributed by atoms with Gasteiger partial charge in [-0.05, 0) is 25.0 Å². The van der Waals surface area contributed by atoms with E-state index in [0.29, 0.717) is 6.42 Å². The molecule has 2 aliphatic rings. The van der Waals surface area contributed by atoms with E-state index in [-0.39, 0.29) is 28.4 Å². The average Bonchev–Trinajstić information content (AvgIpc) is 2.24. The van der Waals surface area contributed by atoms with Gasteiger partial charge in [0.05, 0.1) is 10.9 Å². The molecule has 1 unspecified atom stereocenters. The third-order valence-corrected chi connectivity index (χ3v) is 6.70. The van der Waals surface area contributed by atoms with Crippen molar-refractivity contribution in [3.63, 3.8) is 0 Å². The minimum Gasteiger partial charge on any atom is -0.481 e. The van der Waals surface area contributed by atoms with Crippen LogP contribution in [0.4, 0.5) is 0 Å². The molecule has 20 heavy (non-hydrogen) atoms. The van der Waals surface area contributed by atoms with Crippen molar-refractivity contribution in [2.24, 2.45) is 11.3 Å². The van der Waals surface area contributed by atoms with E-state index in [9.17, 15) is 13.2 Å². The SMILES string of the molecule is O=C(O)C1CCC12CN(S(=O)(=O)c1ccccc1Cl)C2. The lowest BCUT2D eigenvalue weighted by Crippen LogP contribution is -2.66. The van der Waals surface area contributed by atoms with Gasteiger partial charge in [-0.3, -0.25) is 4.79 Å². The van der Waals surface area contributed by atoms with E-state index in [4.69, 9.17) is 16.7 Å². The van der Waals surface area contributed by atoms with Gasteiger partial charge in [0.1, 0.15) is 4.90 Å². The van der Waals surface area contributed by atoms with Gasteiger partial charge in [-0.25, -0.2) is 8.42 Å². The van der Waals surface area contributed by atoms with Crippen LogP contribution in [0.3, 0.4) is 0 Å². The highest BCUT2D eigenvalue weighted by Gasteiger charge is 2.60. The van der Waals surface area contributed by atoms with Crippen molar-refractivity contribution in [1.29, 1.82) is 0 Å². The third-order valence-electron chi connectivity index (χ3n) is 4.41. The predicted molar refractivity (Wildman–Crippen MR) is 73.0 cm³/mol. The summed E-state index contributed by atoms with van der Waals surface area (Å²) in [5.41, 5.74) is -0.361. The van der Waals surface area contributed by atoms with E-state index in [1.807, 2.05) is 0 Å². The van der Waals surface area contributed by atoms with E-state index in [1.54, 1.807) is 12.1 Å². The normalized spacial score (nSPS) is 24.9. The van der Waals surface area contributed by atoms with Crippen molar-refractivity contribution >= 4 is 27.6 Å². The van der Waals surface area contributed by atoms with Gasteiger partial charge < -0.3 is 5.11 Å². The highest BCUT2D eigenvalue weighted by molar-refractivity contribution is 7.89. The van der Waals surface area contributed by atoms with Crippen LogP contribution in [-0.2, 0) is 14.8 Å². The van der Waals surface area contributed by atoms with Crippen LogP contribution >= 0.6 is 11.6 Å². The molecule has 1 atom stereocenters. The van der Waals surface area contributed by atoms with Gasteiger partial charge in [0.15, 0.2) is 0 Å².